The van der Waals surface area contributed by atoms with Gasteiger partial charge in [-0.2, -0.15) is 0 Å². The first-order chi connectivity index (χ1) is 22.1. The molecule has 0 N–H and O–H groups in total. The molecule has 0 spiro atoms. The van der Waals surface area contributed by atoms with Crippen molar-refractivity contribution in [3.63, 3.8) is 0 Å². The van der Waals surface area contributed by atoms with E-state index in [1.54, 1.807) is 11.1 Å². The number of nitrogens with zero attached hydrogens (tertiary/aromatic N) is 1. The third-order valence-corrected chi connectivity index (χ3v) is 13.8. The minimum Gasteiger partial charge on any atom is -0.311 e. The molecule has 0 atom stereocenters. The third-order valence-electron chi connectivity index (χ3n) is 13.8. The van der Waals surface area contributed by atoms with Crippen LogP contribution >= 0.6 is 0 Å². The van der Waals surface area contributed by atoms with E-state index in [4.69, 9.17) is 0 Å². The molecule has 0 aliphatic heterocycles. The molecule has 0 unspecified atom stereocenters. The largest absolute Gasteiger partial charge is 0.311 e. The Hall–Kier alpha value is -3.32. The van der Waals surface area contributed by atoms with Gasteiger partial charge in [0.15, 0.2) is 0 Å². The molecule has 0 radical (unpaired) electrons. The van der Waals surface area contributed by atoms with Gasteiger partial charge in [-0.3, -0.25) is 0 Å². The highest BCUT2D eigenvalue weighted by Gasteiger charge is 2.52. The lowest BCUT2D eigenvalue weighted by Gasteiger charge is -2.57. The Labute approximate surface area is 270 Å². The highest BCUT2D eigenvalue weighted by molar-refractivity contribution is 5.78. The Kier molecular flexibility index (Phi) is 6.02. The summed E-state index contributed by atoms with van der Waals surface area (Å²) >= 11 is 0. The Balaban J connectivity index is 1.00. The van der Waals surface area contributed by atoms with Gasteiger partial charge in [0.1, 0.15) is 0 Å². The Morgan fingerprint density at radius 3 is 1.02 bits per heavy atom. The number of rotatable bonds is 6. The van der Waals surface area contributed by atoms with Crippen molar-refractivity contribution in [2.45, 2.75) is 87.9 Å². The fourth-order valence-electron chi connectivity index (χ4n) is 12.7. The van der Waals surface area contributed by atoms with Gasteiger partial charge in [-0.25, -0.2) is 0 Å². The monoisotopic (exact) mass is 589 g/mol. The Morgan fingerprint density at radius 1 is 0.356 bits per heavy atom. The second-order valence-corrected chi connectivity index (χ2v) is 16.7. The van der Waals surface area contributed by atoms with Gasteiger partial charge in [-0.1, -0.05) is 66.7 Å². The van der Waals surface area contributed by atoms with Crippen LogP contribution < -0.4 is 4.90 Å². The molecule has 4 aromatic rings. The first kappa shape index (κ1) is 26.9. The van der Waals surface area contributed by atoms with E-state index in [0.717, 1.165) is 35.5 Å². The number of hydrogen-bond acceptors (Lipinski definition) is 1. The summed E-state index contributed by atoms with van der Waals surface area (Å²) in [6.45, 7) is 0. The van der Waals surface area contributed by atoms with E-state index < -0.39 is 0 Å². The van der Waals surface area contributed by atoms with Crippen molar-refractivity contribution < 1.29 is 0 Å². The summed E-state index contributed by atoms with van der Waals surface area (Å²) in [5, 5.41) is 0. The summed E-state index contributed by atoms with van der Waals surface area (Å²) in [7, 11) is 0. The van der Waals surface area contributed by atoms with E-state index >= 15 is 0 Å². The maximum absolute atomic E-state index is 2.51. The van der Waals surface area contributed by atoms with Crippen LogP contribution in [0.3, 0.4) is 0 Å². The zero-order chi connectivity index (χ0) is 29.6. The maximum Gasteiger partial charge on any atom is 0.0462 e. The predicted molar refractivity (Wildman–Crippen MR) is 186 cm³/mol. The van der Waals surface area contributed by atoms with Gasteiger partial charge >= 0.3 is 0 Å². The second-order valence-electron chi connectivity index (χ2n) is 16.7. The van der Waals surface area contributed by atoms with Crippen LogP contribution in [0.1, 0.15) is 88.2 Å². The molecule has 0 aromatic heterocycles. The van der Waals surface area contributed by atoms with Crippen LogP contribution in [0.15, 0.2) is 103 Å². The van der Waals surface area contributed by atoms with Crippen LogP contribution in [0.4, 0.5) is 17.1 Å². The average molecular weight is 590 g/mol. The lowest BCUT2D eigenvalue weighted by Crippen LogP contribution is -2.48. The fraction of sp³-hybridized carbons (Fsp3) is 0.455. The summed E-state index contributed by atoms with van der Waals surface area (Å²) in [4.78, 5) is 2.50. The summed E-state index contributed by atoms with van der Waals surface area (Å²) < 4.78 is 0. The normalized spacial score (nSPS) is 35.6. The zero-order valence-corrected chi connectivity index (χ0v) is 26.7. The molecule has 1 heteroatoms. The molecule has 8 aliphatic carbocycles. The molecule has 8 saturated carbocycles. The molecule has 12 rings (SSSR count). The van der Waals surface area contributed by atoms with Crippen molar-refractivity contribution in [2.24, 2.45) is 35.5 Å². The minimum absolute atomic E-state index is 0.439. The highest BCUT2D eigenvalue weighted by atomic mass is 15.1. The predicted octanol–water partition coefficient (Wildman–Crippen LogP) is 11.8. The molecular weight excluding hydrogens is 542 g/mol. The van der Waals surface area contributed by atoms with E-state index in [9.17, 15) is 0 Å². The lowest BCUT2D eigenvalue weighted by molar-refractivity contribution is -0.00529. The van der Waals surface area contributed by atoms with E-state index in [1.807, 2.05) is 0 Å². The number of benzene rings is 4. The summed E-state index contributed by atoms with van der Waals surface area (Å²) in [6.07, 6.45) is 17.6. The lowest BCUT2D eigenvalue weighted by atomic mass is 9.48. The third kappa shape index (κ3) is 4.47. The quantitative estimate of drug-likeness (QED) is 0.216. The van der Waals surface area contributed by atoms with E-state index in [1.165, 1.54) is 105 Å². The molecule has 0 saturated heterocycles. The molecule has 8 fully saturated rings. The number of anilines is 3. The van der Waals surface area contributed by atoms with Crippen molar-refractivity contribution in [1.82, 2.24) is 0 Å². The fourth-order valence-corrected chi connectivity index (χ4v) is 12.7. The Morgan fingerprint density at radius 2 is 0.667 bits per heavy atom. The van der Waals surface area contributed by atoms with Gasteiger partial charge in [-0.05, 0) is 182 Å². The first-order valence-corrected chi connectivity index (χ1v) is 18.3. The first-order valence-electron chi connectivity index (χ1n) is 18.3. The minimum atomic E-state index is 0.439. The molecule has 8 bridgehead atoms. The van der Waals surface area contributed by atoms with E-state index in [2.05, 4.69) is 108 Å². The molecule has 45 heavy (non-hydrogen) atoms. The van der Waals surface area contributed by atoms with Gasteiger partial charge in [0.2, 0.25) is 0 Å². The van der Waals surface area contributed by atoms with Gasteiger partial charge in [0.25, 0.3) is 0 Å². The molecule has 0 heterocycles. The van der Waals surface area contributed by atoms with Crippen molar-refractivity contribution >= 4 is 17.1 Å². The van der Waals surface area contributed by atoms with Crippen LogP contribution in [-0.4, -0.2) is 0 Å². The van der Waals surface area contributed by atoms with Crippen molar-refractivity contribution in [3.8, 4) is 11.1 Å². The highest BCUT2D eigenvalue weighted by Crippen LogP contribution is 2.62. The van der Waals surface area contributed by atoms with Crippen LogP contribution in [0, 0.1) is 35.5 Å². The van der Waals surface area contributed by atoms with Crippen LogP contribution in [0.5, 0.6) is 0 Å². The summed E-state index contributed by atoms with van der Waals surface area (Å²) in [5.41, 5.74) is 10.4. The van der Waals surface area contributed by atoms with Crippen LogP contribution in [-0.2, 0) is 10.8 Å². The van der Waals surface area contributed by atoms with Gasteiger partial charge in [0.05, 0.1) is 0 Å². The SMILES string of the molecule is c1ccc(-c2ccc(N(c3ccc(C45CC6CC(CC(C6)C4)C5)cc3)c3ccc(C45CC6CC(CC(C6)C4)C5)cc3)cc2)cc1. The molecule has 228 valence electrons. The Bertz CT molecular complexity index is 1520. The summed E-state index contributed by atoms with van der Waals surface area (Å²) in [5.74, 6) is 5.85. The zero-order valence-electron chi connectivity index (χ0n) is 26.7. The van der Waals surface area contributed by atoms with Crippen molar-refractivity contribution in [3.05, 3.63) is 114 Å². The number of hydrogen-bond donors (Lipinski definition) is 0. The van der Waals surface area contributed by atoms with E-state index in [-0.39, 0.29) is 0 Å². The molecular formula is C44H47N. The molecule has 1 nitrogen and oxygen atoms in total. The van der Waals surface area contributed by atoms with Crippen molar-refractivity contribution in [2.75, 3.05) is 4.90 Å². The van der Waals surface area contributed by atoms with Crippen LogP contribution in [0.2, 0.25) is 0 Å². The smallest absolute Gasteiger partial charge is 0.0462 e. The second kappa shape index (κ2) is 10.1. The molecule has 8 aliphatic rings. The van der Waals surface area contributed by atoms with Crippen molar-refractivity contribution in [1.29, 1.82) is 0 Å². The average Bonchev–Trinajstić information content (AvgIpc) is 3.05. The topological polar surface area (TPSA) is 3.24 Å². The van der Waals surface area contributed by atoms with E-state index in [0.29, 0.717) is 10.8 Å². The standard InChI is InChI=1S/C44H47N/c1-2-4-36(5-3-1)37-6-12-40(13-7-37)45(41-14-8-38(9-15-41)43-24-30-18-31(25-43)20-32(19-30)26-43)42-16-10-39(11-17-42)44-27-33-21-34(28-44)23-35(22-33)29-44/h1-17,30-35H,18-29H2. The summed E-state index contributed by atoms with van der Waals surface area (Å²) in [6, 6.07) is 39.8. The van der Waals surface area contributed by atoms with Gasteiger partial charge < -0.3 is 4.90 Å². The molecule has 4 aromatic carbocycles. The molecule has 0 amide bonds. The van der Waals surface area contributed by atoms with Crippen LogP contribution in [0.25, 0.3) is 11.1 Å². The maximum atomic E-state index is 2.51. The van der Waals surface area contributed by atoms with Gasteiger partial charge in [0, 0.05) is 17.1 Å². The van der Waals surface area contributed by atoms with Gasteiger partial charge in [-0.15, -0.1) is 0 Å².